The van der Waals surface area contributed by atoms with Crippen molar-refractivity contribution in [2.75, 3.05) is 12.4 Å². The van der Waals surface area contributed by atoms with Crippen molar-refractivity contribution < 1.29 is 28.6 Å². The number of benzene rings is 3. The van der Waals surface area contributed by atoms with E-state index in [1.165, 1.54) is 19.2 Å². The molecule has 4 rings (SSSR count). The smallest absolute Gasteiger partial charge is 0.310 e. The van der Waals surface area contributed by atoms with Crippen molar-refractivity contribution in [2.45, 2.75) is 50.5 Å². The fourth-order valence-electron chi connectivity index (χ4n) is 4.63. The number of hydrogen-bond donors (Lipinski definition) is 2. The highest BCUT2D eigenvalue weighted by Crippen LogP contribution is 2.35. The second-order valence-electron chi connectivity index (χ2n) is 9.09. The molecule has 1 amide bonds. The highest BCUT2D eigenvalue weighted by Gasteiger charge is 2.25. The molecule has 1 aliphatic carbocycles. The molecule has 1 saturated carbocycles. The van der Waals surface area contributed by atoms with E-state index in [0.29, 0.717) is 17.2 Å². The molecule has 1 aliphatic rings. The van der Waals surface area contributed by atoms with E-state index in [2.05, 4.69) is 11.4 Å². The summed E-state index contributed by atoms with van der Waals surface area (Å²) in [5.41, 5.74) is 2.94. The molecule has 2 N–H and O–H groups in total. The molecule has 3 aromatic rings. The zero-order valence-electron chi connectivity index (χ0n) is 20.2. The van der Waals surface area contributed by atoms with Gasteiger partial charge in [0, 0.05) is 5.69 Å². The van der Waals surface area contributed by atoms with Crippen molar-refractivity contribution >= 4 is 17.6 Å². The van der Waals surface area contributed by atoms with E-state index in [4.69, 9.17) is 9.47 Å². The van der Waals surface area contributed by atoms with E-state index in [1.807, 2.05) is 18.2 Å². The molecule has 0 heterocycles. The monoisotopic (exact) mass is 491 g/mol. The van der Waals surface area contributed by atoms with Crippen LogP contribution < -0.4 is 10.1 Å². The van der Waals surface area contributed by atoms with Crippen LogP contribution in [0.3, 0.4) is 0 Å². The van der Waals surface area contributed by atoms with E-state index in [1.54, 1.807) is 30.3 Å². The number of aromatic hydroxyl groups is 1. The number of phenolic OH excluding ortho intramolecular Hbond substituents is 1. The lowest BCUT2D eigenvalue weighted by Gasteiger charge is -2.29. The van der Waals surface area contributed by atoms with Gasteiger partial charge in [0.15, 0.2) is 11.5 Å². The number of rotatable bonds is 8. The minimum Gasteiger partial charge on any atom is -0.504 e. The maximum Gasteiger partial charge on any atom is 0.310 e. The molecule has 6 nitrogen and oxygen atoms in total. The minimum atomic E-state index is -0.403. The summed E-state index contributed by atoms with van der Waals surface area (Å²) in [7, 11) is 1.47. The van der Waals surface area contributed by atoms with Crippen LogP contribution in [0.4, 0.5) is 10.1 Å². The molecule has 0 aromatic heterocycles. The summed E-state index contributed by atoms with van der Waals surface area (Å²) in [6.07, 6.45) is 3.14. The standard InChI is InChI=1S/C29H30FNO5/c1-35-27-15-19(9-14-26(27)32)16-28(33)31-23-7-4-6-21(17-23)20-10-12-24(13-11-20)36-29(34)18-22-5-2-3-8-25(22)30/h2-9,14-15,17,20,24,32H,10-13,16,18H2,1H3,(H,31,33)/t20-,24+. The Morgan fingerprint density at radius 3 is 2.50 bits per heavy atom. The highest BCUT2D eigenvalue weighted by atomic mass is 19.1. The van der Waals surface area contributed by atoms with Crippen LogP contribution >= 0.6 is 0 Å². The van der Waals surface area contributed by atoms with Gasteiger partial charge in [0.05, 0.1) is 20.0 Å². The molecule has 188 valence electrons. The van der Waals surface area contributed by atoms with Gasteiger partial charge in [0.25, 0.3) is 0 Å². The summed E-state index contributed by atoms with van der Waals surface area (Å²) in [6.45, 7) is 0. The molecule has 0 spiro atoms. The molecule has 1 fully saturated rings. The largest absolute Gasteiger partial charge is 0.504 e. The maximum absolute atomic E-state index is 13.8. The van der Waals surface area contributed by atoms with Crippen molar-refractivity contribution in [3.05, 3.63) is 89.2 Å². The number of ether oxygens (including phenoxy) is 2. The van der Waals surface area contributed by atoms with E-state index >= 15 is 0 Å². The zero-order valence-corrected chi connectivity index (χ0v) is 20.2. The molecule has 3 aromatic carbocycles. The van der Waals surface area contributed by atoms with Gasteiger partial charge in [0.1, 0.15) is 11.9 Å². The lowest BCUT2D eigenvalue weighted by molar-refractivity contribution is -0.149. The summed E-state index contributed by atoms with van der Waals surface area (Å²) in [4.78, 5) is 24.8. The third kappa shape index (κ3) is 6.62. The van der Waals surface area contributed by atoms with Crippen LogP contribution in [0.5, 0.6) is 11.5 Å². The van der Waals surface area contributed by atoms with Gasteiger partial charge in [-0.3, -0.25) is 9.59 Å². The Kier molecular flexibility index (Phi) is 8.21. The Labute approximate surface area is 210 Å². The fourth-order valence-corrected chi connectivity index (χ4v) is 4.63. The van der Waals surface area contributed by atoms with Gasteiger partial charge in [-0.15, -0.1) is 0 Å². The number of anilines is 1. The van der Waals surface area contributed by atoms with Gasteiger partial charge < -0.3 is 19.9 Å². The summed E-state index contributed by atoms with van der Waals surface area (Å²) >= 11 is 0. The van der Waals surface area contributed by atoms with Gasteiger partial charge in [-0.05, 0) is 78.6 Å². The second-order valence-corrected chi connectivity index (χ2v) is 9.09. The molecule has 0 atom stereocenters. The number of halogens is 1. The quantitative estimate of drug-likeness (QED) is 0.405. The predicted octanol–water partition coefficient (Wildman–Crippen LogP) is 5.53. The Morgan fingerprint density at radius 1 is 0.972 bits per heavy atom. The average Bonchev–Trinajstić information content (AvgIpc) is 2.87. The topological polar surface area (TPSA) is 84.9 Å². The SMILES string of the molecule is COc1cc(CC(=O)Nc2cccc([C@H]3CC[C@@H](OC(=O)Cc4ccccc4F)CC3)c2)ccc1O. The van der Waals surface area contributed by atoms with Crippen LogP contribution in [-0.4, -0.2) is 30.2 Å². The number of nitrogens with one attached hydrogen (secondary N) is 1. The summed E-state index contributed by atoms with van der Waals surface area (Å²) in [5.74, 6) is -0.290. The van der Waals surface area contributed by atoms with Gasteiger partial charge >= 0.3 is 5.97 Å². The molecule has 0 aliphatic heterocycles. The van der Waals surface area contributed by atoms with Crippen LogP contribution in [0.1, 0.15) is 48.3 Å². The third-order valence-corrected chi connectivity index (χ3v) is 6.52. The first kappa shape index (κ1) is 25.2. The van der Waals surface area contributed by atoms with Crippen molar-refractivity contribution in [1.29, 1.82) is 0 Å². The van der Waals surface area contributed by atoms with Gasteiger partial charge in [0.2, 0.25) is 5.91 Å². The van der Waals surface area contributed by atoms with Crippen molar-refractivity contribution in [3.8, 4) is 11.5 Å². The molecule has 0 bridgehead atoms. The average molecular weight is 492 g/mol. The maximum atomic E-state index is 13.8. The number of amides is 1. The number of phenols is 1. The molecule has 7 heteroatoms. The van der Waals surface area contributed by atoms with Crippen LogP contribution in [0.2, 0.25) is 0 Å². The third-order valence-electron chi connectivity index (χ3n) is 6.52. The number of hydrogen-bond acceptors (Lipinski definition) is 5. The fraction of sp³-hybridized carbons (Fsp3) is 0.310. The van der Waals surface area contributed by atoms with Crippen LogP contribution in [0, 0.1) is 5.82 Å². The Morgan fingerprint density at radius 2 is 1.75 bits per heavy atom. The number of esters is 1. The molecule has 0 saturated heterocycles. The first-order valence-corrected chi connectivity index (χ1v) is 12.1. The van der Waals surface area contributed by atoms with Crippen molar-refractivity contribution in [1.82, 2.24) is 0 Å². The van der Waals surface area contributed by atoms with E-state index in [0.717, 1.165) is 42.5 Å². The molecule has 36 heavy (non-hydrogen) atoms. The summed E-state index contributed by atoms with van der Waals surface area (Å²) < 4.78 is 24.5. The predicted molar refractivity (Wildman–Crippen MR) is 135 cm³/mol. The second kappa shape index (κ2) is 11.7. The number of carbonyl (C=O) groups excluding carboxylic acids is 2. The van der Waals surface area contributed by atoms with Gasteiger partial charge in [-0.25, -0.2) is 4.39 Å². The molecular formula is C29H30FNO5. The molecule has 0 unspecified atom stereocenters. The van der Waals surface area contributed by atoms with E-state index < -0.39 is 11.8 Å². The first-order valence-electron chi connectivity index (χ1n) is 12.1. The minimum absolute atomic E-state index is 0.0314. The number of methoxy groups -OCH3 is 1. The Balaban J connectivity index is 1.28. The van der Waals surface area contributed by atoms with Gasteiger partial charge in [-0.2, -0.15) is 0 Å². The van der Waals surface area contributed by atoms with Gasteiger partial charge in [-0.1, -0.05) is 36.4 Å². The zero-order chi connectivity index (χ0) is 25.5. The van der Waals surface area contributed by atoms with E-state index in [-0.39, 0.29) is 30.6 Å². The lowest BCUT2D eigenvalue weighted by Crippen LogP contribution is -2.25. The Bertz CT molecular complexity index is 1220. The van der Waals surface area contributed by atoms with Crippen LogP contribution in [0.15, 0.2) is 66.7 Å². The number of carbonyl (C=O) groups is 2. The normalized spacial score (nSPS) is 17.3. The summed E-state index contributed by atoms with van der Waals surface area (Å²) in [6, 6.07) is 18.9. The van der Waals surface area contributed by atoms with Crippen LogP contribution in [0.25, 0.3) is 0 Å². The van der Waals surface area contributed by atoms with Crippen molar-refractivity contribution in [3.63, 3.8) is 0 Å². The highest BCUT2D eigenvalue weighted by molar-refractivity contribution is 5.92. The molecular weight excluding hydrogens is 461 g/mol. The first-order chi connectivity index (χ1) is 17.4. The summed E-state index contributed by atoms with van der Waals surface area (Å²) in [5, 5.41) is 12.7. The lowest BCUT2D eigenvalue weighted by atomic mass is 9.82. The Hall–Kier alpha value is -3.87. The van der Waals surface area contributed by atoms with Crippen molar-refractivity contribution in [2.24, 2.45) is 0 Å². The molecule has 0 radical (unpaired) electrons. The van der Waals surface area contributed by atoms with Crippen LogP contribution in [-0.2, 0) is 27.2 Å². The van der Waals surface area contributed by atoms with E-state index in [9.17, 15) is 19.1 Å².